The Morgan fingerprint density at radius 2 is 2.33 bits per heavy atom. The molecular formula is C11H13N3O. The van der Waals surface area contributed by atoms with E-state index in [1.807, 2.05) is 6.07 Å². The van der Waals surface area contributed by atoms with E-state index in [0.29, 0.717) is 12.1 Å². The van der Waals surface area contributed by atoms with Crippen molar-refractivity contribution in [3.05, 3.63) is 35.4 Å². The van der Waals surface area contributed by atoms with Crippen LogP contribution in [0.1, 0.15) is 11.1 Å². The van der Waals surface area contributed by atoms with E-state index in [4.69, 9.17) is 11.0 Å². The normalized spacial score (nSPS) is 9.40. The fraction of sp³-hybridized carbons (Fsp3) is 0.273. The number of amides is 1. The van der Waals surface area contributed by atoms with Crippen molar-refractivity contribution in [2.24, 2.45) is 5.73 Å². The Morgan fingerprint density at radius 1 is 1.60 bits per heavy atom. The van der Waals surface area contributed by atoms with Crippen LogP contribution in [0.5, 0.6) is 0 Å². The van der Waals surface area contributed by atoms with E-state index in [0.717, 1.165) is 5.56 Å². The molecule has 1 rings (SSSR count). The quantitative estimate of drug-likeness (QED) is 0.776. The van der Waals surface area contributed by atoms with Crippen molar-refractivity contribution >= 4 is 5.91 Å². The molecule has 15 heavy (non-hydrogen) atoms. The Labute approximate surface area is 88.9 Å². The van der Waals surface area contributed by atoms with Crippen LogP contribution in [0, 0.1) is 11.3 Å². The molecule has 1 amide bonds. The van der Waals surface area contributed by atoms with Crippen molar-refractivity contribution < 1.29 is 4.79 Å². The van der Waals surface area contributed by atoms with E-state index in [-0.39, 0.29) is 12.5 Å². The smallest absolute Gasteiger partial charge is 0.236 e. The highest BCUT2D eigenvalue weighted by Gasteiger charge is 2.06. The first-order chi connectivity index (χ1) is 7.17. The van der Waals surface area contributed by atoms with Gasteiger partial charge in [-0.2, -0.15) is 5.26 Å². The highest BCUT2D eigenvalue weighted by molar-refractivity contribution is 5.77. The first-order valence-corrected chi connectivity index (χ1v) is 4.60. The van der Waals surface area contributed by atoms with Crippen LogP contribution >= 0.6 is 0 Å². The molecule has 0 aliphatic carbocycles. The maximum Gasteiger partial charge on any atom is 0.236 e. The number of nitrogens with zero attached hydrogens (tertiary/aromatic N) is 2. The summed E-state index contributed by atoms with van der Waals surface area (Å²) in [6.07, 6.45) is 0. The molecule has 0 unspecified atom stereocenters. The van der Waals surface area contributed by atoms with Crippen LogP contribution in [0.3, 0.4) is 0 Å². The number of carbonyl (C=O) groups is 1. The highest BCUT2D eigenvalue weighted by Crippen LogP contribution is 2.06. The molecule has 0 atom stereocenters. The van der Waals surface area contributed by atoms with Gasteiger partial charge in [0.05, 0.1) is 18.2 Å². The second kappa shape index (κ2) is 5.13. The Balaban J connectivity index is 2.73. The van der Waals surface area contributed by atoms with Crippen molar-refractivity contribution in [1.29, 1.82) is 5.26 Å². The number of rotatable bonds is 3. The minimum absolute atomic E-state index is 0.00837. The topological polar surface area (TPSA) is 70.1 Å². The minimum atomic E-state index is -0.114. The van der Waals surface area contributed by atoms with Crippen molar-refractivity contribution in [1.82, 2.24) is 4.90 Å². The van der Waals surface area contributed by atoms with Crippen molar-refractivity contribution in [3.63, 3.8) is 0 Å². The van der Waals surface area contributed by atoms with Crippen LogP contribution in [0.2, 0.25) is 0 Å². The van der Waals surface area contributed by atoms with Crippen LogP contribution in [0.4, 0.5) is 0 Å². The number of hydrogen-bond donors (Lipinski definition) is 1. The second-order valence-corrected chi connectivity index (χ2v) is 3.27. The Kier molecular flexibility index (Phi) is 3.83. The van der Waals surface area contributed by atoms with Gasteiger partial charge >= 0.3 is 0 Å². The van der Waals surface area contributed by atoms with Crippen LogP contribution in [0.25, 0.3) is 0 Å². The molecule has 0 fully saturated rings. The molecule has 0 heterocycles. The van der Waals surface area contributed by atoms with Gasteiger partial charge in [-0.3, -0.25) is 4.79 Å². The summed E-state index contributed by atoms with van der Waals surface area (Å²) >= 11 is 0. The van der Waals surface area contributed by atoms with Gasteiger partial charge in [-0.25, -0.2) is 0 Å². The number of likely N-dealkylation sites (N-methyl/N-ethyl adjacent to an activating group) is 1. The van der Waals surface area contributed by atoms with Gasteiger partial charge in [0.2, 0.25) is 5.91 Å². The molecule has 0 spiro atoms. The van der Waals surface area contributed by atoms with E-state index < -0.39 is 0 Å². The van der Waals surface area contributed by atoms with Gasteiger partial charge in [0.15, 0.2) is 0 Å². The van der Waals surface area contributed by atoms with Crippen molar-refractivity contribution in [2.75, 3.05) is 13.6 Å². The first-order valence-electron chi connectivity index (χ1n) is 4.60. The summed E-state index contributed by atoms with van der Waals surface area (Å²) in [5, 5.41) is 8.70. The summed E-state index contributed by atoms with van der Waals surface area (Å²) in [7, 11) is 1.69. The lowest BCUT2D eigenvalue weighted by molar-refractivity contribution is -0.128. The lowest BCUT2D eigenvalue weighted by Gasteiger charge is -2.16. The first kappa shape index (κ1) is 11.2. The molecule has 0 aliphatic rings. The zero-order valence-electron chi connectivity index (χ0n) is 8.60. The predicted octanol–water partition coefficient (Wildman–Crippen LogP) is 0.475. The summed E-state index contributed by atoms with van der Waals surface area (Å²) in [6, 6.07) is 9.23. The van der Waals surface area contributed by atoms with Crippen molar-refractivity contribution in [2.45, 2.75) is 6.54 Å². The molecule has 4 nitrogen and oxygen atoms in total. The molecule has 4 heteroatoms. The second-order valence-electron chi connectivity index (χ2n) is 3.27. The summed E-state index contributed by atoms with van der Waals surface area (Å²) in [4.78, 5) is 12.7. The molecule has 1 aromatic rings. The molecule has 78 valence electrons. The van der Waals surface area contributed by atoms with E-state index in [9.17, 15) is 4.79 Å². The van der Waals surface area contributed by atoms with Gasteiger partial charge in [0.1, 0.15) is 0 Å². The number of carbonyl (C=O) groups excluding carboxylic acids is 1. The van der Waals surface area contributed by atoms with E-state index in [2.05, 4.69) is 6.07 Å². The van der Waals surface area contributed by atoms with Crippen LogP contribution in [-0.2, 0) is 11.3 Å². The third-order valence-electron chi connectivity index (χ3n) is 2.08. The molecule has 0 radical (unpaired) electrons. The molecule has 0 aromatic heterocycles. The fourth-order valence-electron chi connectivity index (χ4n) is 1.26. The number of nitrogens with two attached hydrogens (primary N) is 1. The van der Waals surface area contributed by atoms with Crippen LogP contribution in [-0.4, -0.2) is 24.4 Å². The summed E-state index contributed by atoms with van der Waals surface area (Å²) in [5.41, 5.74) is 6.77. The molecule has 0 aliphatic heterocycles. The molecule has 0 saturated heterocycles. The fourth-order valence-corrected chi connectivity index (χ4v) is 1.26. The van der Waals surface area contributed by atoms with Gasteiger partial charge in [-0.15, -0.1) is 0 Å². The van der Waals surface area contributed by atoms with Crippen LogP contribution in [0.15, 0.2) is 24.3 Å². The molecule has 1 aromatic carbocycles. The Bertz CT molecular complexity index is 395. The Morgan fingerprint density at radius 3 is 2.93 bits per heavy atom. The van der Waals surface area contributed by atoms with Gasteiger partial charge in [0, 0.05) is 13.6 Å². The summed E-state index contributed by atoms with van der Waals surface area (Å²) in [6.45, 7) is 0.486. The zero-order valence-corrected chi connectivity index (χ0v) is 8.60. The van der Waals surface area contributed by atoms with Crippen LogP contribution < -0.4 is 5.73 Å². The third kappa shape index (κ3) is 3.08. The van der Waals surface area contributed by atoms with Crippen molar-refractivity contribution in [3.8, 4) is 6.07 Å². The lowest BCUT2D eigenvalue weighted by atomic mass is 10.1. The van der Waals surface area contributed by atoms with E-state index in [1.165, 1.54) is 4.90 Å². The Hall–Kier alpha value is -1.86. The average molecular weight is 203 g/mol. The van der Waals surface area contributed by atoms with Gasteiger partial charge in [0.25, 0.3) is 0 Å². The highest BCUT2D eigenvalue weighted by atomic mass is 16.2. The minimum Gasteiger partial charge on any atom is -0.340 e. The number of benzene rings is 1. The lowest BCUT2D eigenvalue weighted by Crippen LogP contribution is -2.32. The number of hydrogen-bond acceptors (Lipinski definition) is 3. The molecule has 2 N–H and O–H groups in total. The maximum absolute atomic E-state index is 11.2. The van der Waals surface area contributed by atoms with Gasteiger partial charge in [-0.05, 0) is 17.7 Å². The molecular weight excluding hydrogens is 190 g/mol. The predicted molar refractivity (Wildman–Crippen MR) is 56.7 cm³/mol. The zero-order chi connectivity index (χ0) is 11.3. The van der Waals surface area contributed by atoms with E-state index >= 15 is 0 Å². The number of nitriles is 1. The molecule has 0 bridgehead atoms. The average Bonchev–Trinajstić information content (AvgIpc) is 2.28. The largest absolute Gasteiger partial charge is 0.340 e. The third-order valence-corrected chi connectivity index (χ3v) is 2.08. The monoisotopic (exact) mass is 203 g/mol. The SMILES string of the molecule is CN(Cc1cccc(C#N)c1)C(=O)CN. The molecule has 0 saturated carbocycles. The van der Waals surface area contributed by atoms with Gasteiger partial charge < -0.3 is 10.6 Å². The van der Waals surface area contributed by atoms with Gasteiger partial charge in [-0.1, -0.05) is 12.1 Å². The standard InChI is InChI=1S/C11H13N3O/c1-14(11(15)7-13)8-10-4-2-3-9(5-10)6-12/h2-5H,7-8,13H2,1H3. The summed E-state index contributed by atoms with van der Waals surface area (Å²) in [5.74, 6) is -0.114. The maximum atomic E-state index is 11.2. The summed E-state index contributed by atoms with van der Waals surface area (Å²) < 4.78 is 0. The van der Waals surface area contributed by atoms with E-state index in [1.54, 1.807) is 25.2 Å².